The lowest BCUT2D eigenvalue weighted by Gasteiger charge is -2.27. The first-order chi connectivity index (χ1) is 12.9. The number of aromatic carboxylic acids is 1. The number of benzene rings is 3. The van der Waals surface area contributed by atoms with Crippen LogP contribution >= 0.6 is 0 Å². The van der Waals surface area contributed by atoms with Crippen molar-refractivity contribution in [2.45, 2.75) is 19.3 Å². The average molecular weight is 360 g/mol. The largest absolute Gasteiger partial charge is 0.478 e. The lowest BCUT2D eigenvalue weighted by molar-refractivity contribution is 0.0697. The van der Waals surface area contributed by atoms with Crippen LogP contribution in [0.1, 0.15) is 45.7 Å². The summed E-state index contributed by atoms with van der Waals surface area (Å²) in [4.78, 5) is 23.7. The van der Waals surface area contributed by atoms with Gasteiger partial charge in [0.1, 0.15) is 5.75 Å². The highest BCUT2D eigenvalue weighted by molar-refractivity contribution is 5.95. The van der Waals surface area contributed by atoms with Crippen LogP contribution in [0, 0.1) is 0 Å². The van der Waals surface area contributed by atoms with Gasteiger partial charge >= 0.3 is 11.9 Å². The summed E-state index contributed by atoms with van der Waals surface area (Å²) in [6.07, 6.45) is 0. The molecular formula is C23H20O4. The maximum absolute atomic E-state index is 12.6. The van der Waals surface area contributed by atoms with E-state index < -0.39 is 11.9 Å². The zero-order valence-corrected chi connectivity index (χ0v) is 15.2. The van der Waals surface area contributed by atoms with Gasteiger partial charge < -0.3 is 9.84 Å². The molecule has 4 nitrogen and oxygen atoms in total. The van der Waals surface area contributed by atoms with Gasteiger partial charge in [-0.2, -0.15) is 0 Å². The Bertz CT molecular complexity index is 974. The SMILES string of the molecule is CC(C)(c1ccccc1)c1ccccc1OC(=O)c1cccc(C(=O)O)c1. The van der Waals surface area contributed by atoms with Gasteiger partial charge in [0.25, 0.3) is 0 Å². The molecule has 0 fully saturated rings. The minimum absolute atomic E-state index is 0.0438. The number of carboxylic acids is 1. The van der Waals surface area contributed by atoms with Gasteiger partial charge in [0, 0.05) is 11.0 Å². The van der Waals surface area contributed by atoms with E-state index in [9.17, 15) is 9.59 Å². The van der Waals surface area contributed by atoms with E-state index in [4.69, 9.17) is 9.84 Å². The van der Waals surface area contributed by atoms with Crippen molar-refractivity contribution in [1.29, 1.82) is 0 Å². The Kier molecular flexibility index (Phi) is 5.08. The summed E-state index contributed by atoms with van der Waals surface area (Å²) in [5.41, 5.74) is 1.84. The molecule has 0 unspecified atom stereocenters. The van der Waals surface area contributed by atoms with E-state index in [0.29, 0.717) is 5.75 Å². The second kappa shape index (κ2) is 7.46. The van der Waals surface area contributed by atoms with Crippen molar-refractivity contribution in [2.24, 2.45) is 0 Å². The number of rotatable bonds is 5. The Hall–Kier alpha value is -3.40. The van der Waals surface area contributed by atoms with Gasteiger partial charge in [-0.05, 0) is 29.8 Å². The molecule has 3 aromatic rings. The van der Waals surface area contributed by atoms with Crippen molar-refractivity contribution in [3.63, 3.8) is 0 Å². The molecule has 0 amide bonds. The van der Waals surface area contributed by atoms with E-state index in [0.717, 1.165) is 11.1 Å². The first-order valence-electron chi connectivity index (χ1n) is 8.60. The summed E-state index contributed by atoms with van der Waals surface area (Å²) in [5, 5.41) is 9.11. The fourth-order valence-corrected chi connectivity index (χ4v) is 3.02. The second-order valence-electron chi connectivity index (χ2n) is 6.76. The Morgan fingerprint density at radius 2 is 1.44 bits per heavy atom. The van der Waals surface area contributed by atoms with Crippen LogP contribution in [-0.4, -0.2) is 17.0 Å². The average Bonchev–Trinajstić information content (AvgIpc) is 2.69. The third-order valence-electron chi connectivity index (χ3n) is 4.60. The molecule has 0 saturated carbocycles. The molecule has 0 aliphatic rings. The summed E-state index contributed by atoms with van der Waals surface area (Å²) in [5.74, 6) is -1.22. The van der Waals surface area contributed by atoms with Gasteiger partial charge in [0.15, 0.2) is 0 Å². The summed E-state index contributed by atoms with van der Waals surface area (Å²) in [6.45, 7) is 4.14. The highest BCUT2D eigenvalue weighted by Crippen LogP contribution is 2.37. The number of carboxylic acid groups (broad SMARTS) is 1. The van der Waals surface area contributed by atoms with Gasteiger partial charge in [-0.25, -0.2) is 9.59 Å². The van der Waals surface area contributed by atoms with Gasteiger partial charge in [0.2, 0.25) is 0 Å². The van der Waals surface area contributed by atoms with Gasteiger partial charge in [0.05, 0.1) is 11.1 Å². The molecule has 27 heavy (non-hydrogen) atoms. The number of carbonyl (C=O) groups excluding carboxylic acids is 1. The molecule has 0 aliphatic heterocycles. The van der Waals surface area contributed by atoms with Crippen LogP contribution in [0.4, 0.5) is 0 Å². The molecule has 1 N–H and O–H groups in total. The van der Waals surface area contributed by atoms with Crippen molar-refractivity contribution >= 4 is 11.9 Å². The van der Waals surface area contributed by atoms with Crippen molar-refractivity contribution in [3.8, 4) is 5.75 Å². The van der Waals surface area contributed by atoms with Gasteiger partial charge in [-0.3, -0.25) is 0 Å². The van der Waals surface area contributed by atoms with Crippen molar-refractivity contribution in [2.75, 3.05) is 0 Å². The van der Waals surface area contributed by atoms with Crippen LogP contribution in [0.3, 0.4) is 0 Å². The van der Waals surface area contributed by atoms with E-state index in [1.807, 2.05) is 42.5 Å². The Labute approximate surface area is 158 Å². The Balaban J connectivity index is 1.94. The predicted octanol–water partition coefficient (Wildman–Crippen LogP) is 4.93. The minimum atomic E-state index is -1.09. The highest BCUT2D eigenvalue weighted by Gasteiger charge is 2.27. The third-order valence-corrected chi connectivity index (χ3v) is 4.60. The lowest BCUT2D eigenvalue weighted by Crippen LogP contribution is -2.21. The smallest absolute Gasteiger partial charge is 0.343 e. The van der Waals surface area contributed by atoms with Crippen LogP contribution in [-0.2, 0) is 5.41 Å². The van der Waals surface area contributed by atoms with Crippen LogP contribution in [0.5, 0.6) is 5.75 Å². The second-order valence-corrected chi connectivity index (χ2v) is 6.76. The number of carbonyl (C=O) groups is 2. The maximum atomic E-state index is 12.6. The minimum Gasteiger partial charge on any atom is -0.478 e. The molecule has 0 aliphatic carbocycles. The molecule has 0 bridgehead atoms. The Morgan fingerprint density at radius 3 is 2.15 bits per heavy atom. The molecule has 3 aromatic carbocycles. The highest BCUT2D eigenvalue weighted by atomic mass is 16.5. The monoisotopic (exact) mass is 360 g/mol. The van der Waals surface area contributed by atoms with E-state index >= 15 is 0 Å². The molecule has 0 atom stereocenters. The summed E-state index contributed by atoms with van der Waals surface area (Å²) < 4.78 is 5.64. The number of ether oxygens (including phenoxy) is 1. The molecule has 136 valence electrons. The first kappa shape index (κ1) is 18.4. The van der Waals surface area contributed by atoms with Crippen LogP contribution in [0.2, 0.25) is 0 Å². The molecule has 0 saturated heterocycles. The lowest BCUT2D eigenvalue weighted by atomic mass is 9.78. The standard InChI is InChI=1S/C23H20O4/c1-23(2,18-11-4-3-5-12-18)19-13-6-7-14-20(19)27-22(26)17-10-8-9-16(15-17)21(24)25/h3-15H,1-2H3,(H,24,25). The van der Waals surface area contributed by atoms with Gasteiger partial charge in [-0.15, -0.1) is 0 Å². The maximum Gasteiger partial charge on any atom is 0.343 e. The fraction of sp³-hybridized carbons (Fsp3) is 0.130. The molecular weight excluding hydrogens is 340 g/mol. The summed E-state index contributed by atoms with van der Waals surface area (Å²) in [6, 6.07) is 23.2. The number of hydrogen-bond acceptors (Lipinski definition) is 3. The van der Waals surface area contributed by atoms with Gasteiger partial charge in [-0.1, -0.05) is 68.4 Å². The molecule has 0 spiro atoms. The molecule has 0 radical (unpaired) electrons. The molecule has 3 rings (SSSR count). The quantitative estimate of drug-likeness (QED) is 0.518. The van der Waals surface area contributed by atoms with Crippen LogP contribution < -0.4 is 4.74 Å². The fourth-order valence-electron chi connectivity index (χ4n) is 3.02. The number of para-hydroxylation sites is 1. The molecule has 4 heteroatoms. The van der Waals surface area contributed by atoms with E-state index in [-0.39, 0.29) is 16.5 Å². The first-order valence-corrected chi connectivity index (χ1v) is 8.60. The van der Waals surface area contributed by atoms with Crippen molar-refractivity contribution in [3.05, 3.63) is 101 Å². The topological polar surface area (TPSA) is 63.6 Å². The Morgan fingerprint density at radius 1 is 0.815 bits per heavy atom. The summed E-state index contributed by atoms with van der Waals surface area (Å²) >= 11 is 0. The van der Waals surface area contributed by atoms with E-state index in [1.165, 1.54) is 18.2 Å². The van der Waals surface area contributed by atoms with Crippen LogP contribution in [0.25, 0.3) is 0 Å². The molecule has 0 heterocycles. The number of esters is 1. The zero-order valence-electron chi connectivity index (χ0n) is 15.2. The normalized spacial score (nSPS) is 11.0. The van der Waals surface area contributed by atoms with Crippen molar-refractivity contribution < 1.29 is 19.4 Å². The van der Waals surface area contributed by atoms with E-state index in [2.05, 4.69) is 13.8 Å². The van der Waals surface area contributed by atoms with E-state index in [1.54, 1.807) is 18.2 Å². The zero-order chi connectivity index (χ0) is 19.4. The third kappa shape index (κ3) is 3.90. The predicted molar refractivity (Wildman–Crippen MR) is 103 cm³/mol. The van der Waals surface area contributed by atoms with Crippen LogP contribution in [0.15, 0.2) is 78.9 Å². The summed E-state index contributed by atoms with van der Waals surface area (Å²) in [7, 11) is 0. The number of hydrogen-bond donors (Lipinski definition) is 1. The van der Waals surface area contributed by atoms with Crippen molar-refractivity contribution in [1.82, 2.24) is 0 Å². The molecule has 0 aromatic heterocycles.